The third kappa shape index (κ3) is 3.02. The fourth-order valence-corrected chi connectivity index (χ4v) is 3.52. The number of nitrogens with zero attached hydrogens (tertiary/aromatic N) is 2. The first kappa shape index (κ1) is 17.1. The van der Waals surface area contributed by atoms with Crippen molar-refractivity contribution in [2.45, 2.75) is 0 Å². The number of carbonyl (C=O) groups is 1. The molecule has 4 nitrogen and oxygen atoms in total. The van der Waals surface area contributed by atoms with Gasteiger partial charge in [0, 0.05) is 17.3 Å². The third-order valence-corrected chi connectivity index (χ3v) is 4.91. The van der Waals surface area contributed by atoms with Crippen LogP contribution in [0.5, 0.6) is 0 Å². The molecule has 0 spiro atoms. The summed E-state index contributed by atoms with van der Waals surface area (Å²) in [5.74, 6) is -0.000174. The first-order chi connectivity index (χ1) is 14.2. The van der Waals surface area contributed by atoms with E-state index in [1.165, 1.54) is 12.1 Å². The first-order valence-electron chi connectivity index (χ1n) is 9.23. The summed E-state index contributed by atoms with van der Waals surface area (Å²) < 4.78 is 15.2. The molecule has 0 aliphatic heterocycles. The summed E-state index contributed by atoms with van der Waals surface area (Å²) in [6.45, 7) is 0. The number of pyridine rings is 1. The maximum Gasteiger partial charge on any atom is 0.257 e. The van der Waals surface area contributed by atoms with Crippen LogP contribution in [0.2, 0.25) is 0 Å². The predicted octanol–water partition coefficient (Wildman–Crippen LogP) is 5.55. The summed E-state index contributed by atoms with van der Waals surface area (Å²) in [4.78, 5) is 17.8. The molecule has 0 fully saturated rings. The molecule has 140 valence electrons. The van der Waals surface area contributed by atoms with Gasteiger partial charge < -0.3 is 5.32 Å². The minimum atomic E-state index is -0.321. The SMILES string of the molecule is O=C(Nc1c(-c2ccc(F)cc2)nc2ccccn12)c1cccc2ccccc12. The zero-order valence-electron chi connectivity index (χ0n) is 15.3. The van der Waals surface area contributed by atoms with E-state index in [1.807, 2.05) is 65.2 Å². The highest BCUT2D eigenvalue weighted by Gasteiger charge is 2.18. The minimum Gasteiger partial charge on any atom is -0.306 e. The van der Waals surface area contributed by atoms with Crippen LogP contribution in [0.25, 0.3) is 27.7 Å². The quantitative estimate of drug-likeness (QED) is 0.446. The van der Waals surface area contributed by atoms with E-state index in [0.717, 1.165) is 16.3 Å². The summed E-state index contributed by atoms with van der Waals surface area (Å²) in [6, 6.07) is 25.1. The molecular weight excluding hydrogens is 365 g/mol. The Morgan fingerprint density at radius 2 is 1.62 bits per heavy atom. The monoisotopic (exact) mass is 381 g/mol. The van der Waals surface area contributed by atoms with Gasteiger partial charge >= 0.3 is 0 Å². The Morgan fingerprint density at radius 3 is 2.48 bits per heavy atom. The van der Waals surface area contributed by atoms with Gasteiger partial charge in [-0.1, -0.05) is 42.5 Å². The summed E-state index contributed by atoms with van der Waals surface area (Å²) in [5, 5.41) is 4.90. The molecular formula is C24H16FN3O. The average molecular weight is 381 g/mol. The highest BCUT2D eigenvalue weighted by Crippen LogP contribution is 2.30. The van der Waals surface area contributed by atoms with Crippen LogP contribution in [0.4, 0.5) is 10.2 Å². The summed E-state index contributed by atoms with van der Waals surface area (Å²) >= 11 is 0. The van der Waals surface area contributed by atoms with E-state index < -0.39 is 0 Å². The predicted molar refractivity (Wildman–Crippen MR) is 112 cm³/mol. The van der Waals surface area contributed by atoms with Crippen molar-refractivity contribution in [3.63, 3.8) is 0 Å². The second-order valence-corrected chi connectivity index (χ2v) is 6.73. The number of rotatable bonds is 3. The molecule has 0 radical (unpaired) electrons. The topological polar surface area (TPSA) is 46.4 Å². The van der Waals surface area contributed by atoms with Crippen molar-refractivity contribution < 1.29 is 9.18 Å². The molecule has 0 saturated heterocycles. The number of carbonyl (C=O) groups excluding carboxylic acids is 1. The minimum absolute atomic E-state index is 0.226. The molecule has 1 amide bonds. The Kier molecular flexibility index (Phi) is 4.06. The normalized spacial score (nSPS) is 11.1. The second kappa shape index (κ2) is 6.87. The largest absolute Gasteiger partial charge is 0.306 e. The van der Waals surface area contributed by atoms with Gasteiger partial charge in [0.15, 0.2) is 0 Å². The van der Waals surface area contributed by atoms with E-state index in [-0.39, 0.29) is 11.7 Å². The maximum atomic E-state index is 13.4. The van der Waals surface area contributed by atoms with E-state index in [0.29, 0.717) is 22.7 Å². The van der Waals surface area contributed by atoms with Crippen LogP contribution in [-0.2, 0) is 0 Å². The lowest BCUT2D eigenvalue weighted by atomic mass is 10.0. The molecule has 5 heteroatoms. The Labute approximate surface area is 166 Å². The zero-order chi connectivity index (χ0) is 19.8. The van der Waals surface area contributed by atoms with Gasteiger partial charge in [-0.15, -0.1) is 0 Å². The van der Waals surface area contributed by atoms with Gasteiger partial charge in [0.2, 0.25) is 0 Å². The molecule has 2 aromatic heterocycles. The number of aromatic nitrogens is 2. The van der Waals surface area contributed by atoms with Gasteiger partial charge in [-0.05, 0) is 53.2 Å². The van der Waals surface area contributed by atoms with Crippen LogP contribution in [0, 0.1) is 5.82 Å². The van der Waals surface area contributed by atoms with E-state index >= 15 is 0 Å². The maximum absolute atomic E-state index is 13.4. The smallest absolute Gasteiger partial charge is 0.257 e. The third-order valence-electron chi connectivity index (χ3n) is 4.91. The lowest BCUT2D eigenvalue weighted by Crippen LogP contribution is -2.14. The molecule has 29 heavy (non-hydrogen) atoms. The van der Waals surface area contributed by atoms with Crippen LogP contribution < -0.4 is 5.32 Å². The van der Waals surface area contributed by atoms with Crippen molar-refractivity contribution in [1.29, 1.82) is 0 Å². The number of imidazole rings is 1. The summed E-state index contributed by atoms with van der Waals surface area (Å²) in [5.41, 5.74) is 2.59. The number of fused-ring (bicyclic) bond motifs is 2. The molecule has 0 unspecified atom stereocenters. The van der Waals surface area contributed by atoms with E-state index in [9.17, 15) is 9.18 Å². The number of anilines is 1. The summed E-state index contributed by atoms with van der Waals surface area (Å²) in [6.07, 6.45) is 1.84. The Hall–Kier alpha value is -3.99. The van der Waals surface area contributed by atoms with Gasteiger partial charge in [0.25, 0.3) is 5.91 Å². The molecule has 5 rings (SSSR count). The molecule has 0 atom stereocenters. The Balaban J connectivity index is 1.63. The highest BCUT2D eigenvalue weighted by molar-refractivity contribution is 6.13. The number of hydrogen-bond donors (Lipinski definition) is 1. The van der Waals surface area contributed by atoms with Crippen LogP contribution in [0.3, 0.4) is 0 Å². The first-order valence-corrected chi connectivity index (χ1v) is 9.23. The van der Waals surface area contributed by atoms with Gasteiger partial charge in [0.05, 0.1) is 0 Å². The average Bonchev–Trinajstić information content (AvgIpc) is 3.12. The van der Waals surface area contributed by atoms with Crippen LogP contribution in [0.1, 0.15) is 10.4 Å². The molecule has 3 aromatic carbocycles. The van der Waals surface area contributed by atoms with Crippen molar-refractivity contribution in [1.82, 2.24) is 9.38 Å². The molecule has 1 N–H and O–H groups in total. The number of hydrogen-bond acceptors (Lipinski definition) is 2. The van der Waals surface area contributed by atoms with E-state index in [4.69, 9.17) is 0 Å². The van der Waals surface area contributed by atoms with Gasteiger partial charge in [-0.2, -0.15) is 0 Å². The number of halogens is 1. The van der Waals surface area contributed by atoms with Crippen LogP contribution in [-0.4, -0.2) is 15.3 Å². The summed E-state index contributed by atoms with van der Waals surface area (Å²) in [7, 11) is 0. The lowest BCUT2D eigenvalue weighted by molar-refractivity contribution is 0.102. The molecule has 5 aromatic rings. The molecule has 0 bridgehead atoms. The molecule has 0 aliphatic rings. The zero-order valence-corrected chi connectivity index (χ0v) is 15.3. The van der Waals surface area contributed by atoms with Crippen LogP contribution >= 0.6 is 0 Å². The number of nitrogens with one attached hydrogen (secondary N) is 1. The fraction of sp³-hybridized carbons (Fsp3) is 0. The van der Waals surface area contributed by atoms with E-state index in [2.05, 4.69) is 10.3 Å². The second-order valence-electron chi connectivity index (χ2n) is 6.73. The van der Waals surface area contributed by atoms with Crippen molar-refractivity contribution in [2.75, 3.05) is 5.32 Å². The van der Waals surface area contributed by atoms with Crippen LogP contribution in [0.15, 0.2) is 91.1 Å². The van der Waals surface area contributed by atoms with Gasteiger partial charge in [-0.3, -0.25) is 9.20 Å². The van der Waals surface area contributed by atoms with Gasteiger partial charge in [-0.25, -0.2) is 9.37 Å². The Bertz CT molecular complexity index is 1350. The molecule has 0 saturated carbocycles. The van der Waals surface area contributed by atoms with Crippen molar-refractivity contribution in [2.24, 2.45) is 0 Å². The van der Waals surface area contributed by atoms with E-state index in [1.54, 1.807) is 18.2 Å². The standard InChI is InChI=1S/C24H16FN3O/c25-18-13-11-17(12-14-18)22-23(28-15-4-3-10-21(28)26-22)27-24(29)20-9-5-7-16-6-1-2-8-19(16)20/h1-15H,(H,27,29). The molecule has 0 aliphatic carbocycles. The molecule has 2 heterocycles. The lowest BCUT2D eigenvalue weighted by Gasteiger charge is -2.10. The van der Waals surface area contributed by atoms with Crippen molar-refractivity contribution >= 4 is 28.1 Å². The van der Waals surface area contributed by atoms with Gasteiger partial charge in [0.1, 0.15) is 23.0 Å². The van der Waals surface area contributed by atoms with Crippen molar-refractivity contribution in [3.8, 4) is 11.3 Å². The number of benzene rings is 3. The Morgan fingerprint density at radius 1 is 0.862 bits per heavy atom. The number of amides is 1. The van der Waals surface area contributed by atoms with Crippen molar-refractivity contribution in [3.05, 3.63) is 103 Å². The highest BCUT2D eigenvalue weighted by atomic mass is 19.1. The fourth-order valence-electron chi connectivity index (χ4n) is 3.52.